The topological polar surface area (TPSA) is 94.3 Å². The van der Waals surface area contributed by atoms with Crippen molar-refractivity contribution in [3.63, 3.8) is 0 Å². The van der Waals surface area contributed by atoms with Crippen molar-refractivity contribution >= 4 is 37.3 Å². The van der Waals surface area contributed by atoms with Crippen LogP contribution >= 0.6 is 15.9 Å². The Balaban J connectivity index is 2.35. The Hall–Kier alpha value is -1.80. The number of pyridine rings is 1. The molecule has 0 unspecified atom stereocenters. The second kappa shape index (κ2) is 5.90. The van der Waals surface area contributed by atoms with Crippen molar-refractivity contribution in [3.05, 3.63) is 40.6 Å². The van der Waals surface area contributed by atoms with Gasteiger partial charge in [-0.05, 0) is 46.6 Å². The first-order valence-electron chi connectivity index (χ1n) is 5.92. The summed E-state index contributed by atoms with van der Waals surface area (Å²) in [6, 6.07) is 5.96. The highest BCUT2D eigenvalue weighted by Gasteiger charge is 2.16. The van der Waals surface area contributed by atoms with Crippen molar-refractivity contribution in [2.75, 3.05) is 17.6 Å². The van der Waals surface area contributed by atoms with Crippen LogP contribution in [0.25, 0.3) is 0 Å². The number of rotatable bonds is 4. The second-order valence-corrected chi connectivity index (χ2v) is 6.77. The predicted octanol–water partition coefficient (Wildman–Crippen LogP) is 2.54. The molecule has 8 heteroatoms. The first kappa shape index (κ1) is 15.6. The van der Waals surface area contributed by atoms with Crippen LogP contribution in [-0.2, 0) is 10.0 Å². The Morgan fingerprint density at radius 3 is 2.67 bits per heavy atom. The van der Waals surface area contributed by atoms with Crippen molar-refractivity contribution in [1.29, 1.82) is 0 Å². The Bertz CT molecular complexity index is 778. The number of ether oxygens (including phenoxy) is 1. The normalized spacial score (nSPS) is 11.2. The Morgan fingerprint density at radius 2 is 2.05 bits per heavy atom. The summed E-state index contributed by atoms with van der Waals surface area (Å²) >= 11 is 3.26. The molecule has 0 spiro atoms. The highest BCUT2D eigenvalue weighted by molar-refractivity contribution is 9.10. The quantitative estimate of drug-likeness (QED) is 0.635. The summed E-state index contributed by atoms with van der Waals surface area (Å²) in [6.07, 6.45) is 1.43. The number of aromatic nitrogens is 1. The molecule has 0 atom stereocenters. The maximum atomic E-state index is 12.3. The SMILES string of the molecule is COc1cc(S(=O)(=O)Nc2cnc(Br)c(C)c2)ccc1N. The van der Waals surface area contributed by atoms with Crippen molar-refractivity contribution in [1.82, 2.24) is 4.98 Å². The molecule has 0 aliphatic rings. The van der Waals surface area contributed by atoms with E-state index in [4.69, 9.17) is 10.5 Å². The van der Waals surface area contributed by atoms with Gasteiger partial charge in [0.05, 0.1) is 29.6 Å². The maximum Gasteiger partial charge on any atom is 0.262 e. The van der Waals surface area contributed by atoms with Gasteiger partial charge >= 0.3 is 0 Å². The van der Waals surface area contributed by atoms with Gasteiger partial charge in [-0.1, -0.05) is 0 Å². The summed E-state index contributed by atoms with van der Waals surface area (Å²) in [5.41, 5.74) is 7.25. The number of sulfonamides is 1. The number of benzene rings is 1. The molecule has 0 bridgehead atoms. The molecule has 0 aliphatic heterocycles. The molecular formula is C13H14BrN3O3S. The highest BCUT2D eigenvalue weighted by atomic mass is 79.9. The van der Waals surface area contributed by atoms with Crippen LogP contribution in [0.2, 0.25) is 0 Å². The summed E-state index contributed by atoms with van der Waals surface area (Å²) in [7, 11) is -2.31. The lowest BCUT2D eigenvalue weighted by atomic mass is 10.3. The zero-order valence-electron chi connectivity index (χ0n) is 11.4. The van der Waals surface area contributed by atoms with Gasteiger partial charge in [-0.15, -0.1) is 0 Å². The molecule has 3 N–H and O–H groups in total. The van der Waals surface area contributed by atoms with Crippen molar-refractivity contribution < 1.29 is 13.2 Å². The molecule has 0 saturated carbocycles. The summed E-state index contributed by atoms with van der Waals surface area (Å²) in [5, 5.41) is 0. The van der Waals surface area contributed by atoms with E-state index in [0.717, 1.165) is 5.56 Å². The van der Waals surface area contributed by atoms with Gasteiger partial charge in [0, 0.05) is 6.07 Å². The van der Waals surface area contributed by atoms with Crippen LogP contribution < -0.4 is 15.2 Å². The van der Waals surface area contributed by atoms with E-state index in [-0.39, 0.29) is 4.90 Å². The zero-order valence-corrected chi connectivity index (χ0v) is 13.8. The molecule has 0 radical (unpaired) electrons. The van der Waals surface area contributed by atoms with Gasteiger partial charge in [-0.25, -0.2) is 13.4 Å². The van der Waals surface area contributed by atoms with Gasteiger partial charge in [0.25, 0.3) is 10.0 Å². The fourth-order valence-corrected chi connectivity index (χ4v) is 2.95. The average Bonchev–Trinajstić information content (AvgIpc) is 2.43. The fourth-order valence-electron chi connectivity index (χ4n) is 1.69. The number of anilines is 2. The summed E-state index contributed by atoms with van der Waals surface area (Å²) < 4.78 is 32.8. The molecule has 0 saturated heterocycles. The molecule has 1 heterocycles. The minimum Gasteiger partial charge on any atom is -0.495 e. The third-order valence-corrected chi connectivity index (χ3v) is 4.99. The van der Waals surface area contributed by atoms with Crippen LogP contribution in [0.15, 0.2) is 40.0 Å². The Kier molecular flexibility index (Phi) is 4.38. The summed E-state index contributed by atoms with van der Waals surface area (Å²) in [4.78, 5) is 4.11. The maximum absolute atomic E-state index is 12.3. The van der Waals surface area contributed by atoms with Crippen LogP contribution in [0.3, 0.4) is 0 Å². The largest absolute Gasteiger partial charge is 0.495 e. The van der Waals surface area contributed by atoms with Gasteiger partial charge < -0.3 is 10.5 Å². The molecule has 1 aromatic carbocycles. The molecule has 1 aromatic heterocycles. The number of nitrogens with one attached hydrogen (secondary N) is 1. The molecule has 0 aliphatic carbocycles. The number of nitrogens with zero attached hydrogens (tertiary/aromatic N) is 1. The number of halogens is 1. The van der Waals surface area contributed by atoms with Crippen LogP contribution in [-0.4, -0.2) is 20.5 Å². The Labute approximate surface area is 131 Å². The first-order chi connectivity index (χ1) is 9.83. The number of nitrogens with two attached hydrogens (primary N) is 1. The van der Waals surface area contributed by atoms with Crippen LogP contribution in [0, 0.1) is 6.92 Å². The third kappa shape index (κ3) is 3.45. The lowest BCUT2D eigenvalue weighted by Crippen LogP contribution is -2.13. The number of nitrogen functional groups attached to an aromatic ring is 1. The van der Waals surface area contributed by atoms with Crippen molar-refractivity contribution in [3.8, 4) is 5.75 Å². The van der Waals surface area contributed by atoms with Gasteiger partial charge in [-0.2, -0.15) is 0 Å². The average molecular weight is 372 g/mol. The predicted molar refractivity (Wildman–Crippen MR) is 84.9 cm³/mol. The van der Waals surface area contributed by atoms with E-state index in [1.165, 1.54) is 31.5 Å². The van der Waals surface area contributed by atoms with Crippen LogP contribution in [0.1, 0.15) is 5.56 Å². The van der Waals surface area contributed by atoms with E-state index < -0.39 is 10.0 Å². The monoisotopic (exact) mass is 371 g/mol. The highest BCUT2D eigenvalue weighted by Crippen LogP contribution is 2.26. The lowest BCUT2D eigenvalue weighted by Gasteiger charge is -2.11. The van der Waals surface area contributed by atoms with Gasteiger partial charge in [0.1, 0.15) is 10.4 Å². The molecule has 0 fully saturated rings. The second-order valence-electron chi connectivity index (χ2n) is 4.34. The van der Waals surface area contributed by atoms with Crippen LogP contribution in [0.4, 0.5) is 11.4 Å². The number of hydrogen-bond acceptors (Lipinski definition) is 5. The molecule has 2 rings (SSSR count). The van der Waals surface area contributed by atoms with Crippen molar-refractivity contribution in [2.24, 2.45) is 0 Å². The Morgan fingerprint density at radius 1 is 1.33 bits per heavy atom. The van der Waals surface area contributed by atoms with Crippen LogP contribution in [0.5, 0.6) is 5.75 Å². The zero-order chi connectivity index (χ0) is 15.6. The van der Waals surface area contributed by atoms with E-state index in [2.05, 4.69) is 25.6 Å². The third-order valence-electron chi connectivity index (χ3n) is 2.78. The van der Waals surface area contributed by atoms with Gasteiger partial charge in [0.15, 0.2) is 0 Å². The molecule has 21 heavy (non-hydrogen) atoms. The number of hydrogen-bond donors (Lipinski definition) is 2. The first-order valence-corrected chi connectivity index (χ1v) is 8.19. The van der Waals surface area contributed by atoms with Gasteiger partial charge in [0.2, 0.25) is 0 Å². The van der Waals surface area contributed by atoms with Crippen molar-refractivity contribution in [2.45, 2.75) is 11.8 Å². The molecule has 2 aromatic rings. The standard InChI is InChI=1S/C13H14BrN3O3S/c1-8-5-9(7-16-13(8)14)17-21(18,19)10-3-4-11(15)12(6-10)20-2/h3-7,17H,15H2,1-2H3. The molecule has 6 nitrogen and oxygen atoms in total. The smallest absolute Gasteiger partial charge is 0.262 e. The molecule has 112 valence electrons. The minimum absolute atomic E-state index is 0.0640. The summed E-state index contributed by atoms with van der Waals surface area (Å²) in [6.45, 7) is 1.82. The lowest BCUT2D eigenvalue weighted by molar-refractivity contribution is 0.415. The number of methoxy groups -OCH3 is 1. The molecule has 0 amide bonds. The van der Waals surface area contributed by atoms with E-state index in [1.807, 2.05) is 6.92 Å². The van der Waals surface area contributed by atoms with E-state index in [9.17, 15) is 8.42 Å². The van der Waals surface area contributed by atoms with E-state index in [1.54, 1.807) is 6.07 Å². The molecular weight excluding hydrogens is 358 g/mol. The van der Waals surface area contributed by atoms with E-state index in [0.29, 0.717) is 21.7 Å². The van der Waals surface area contributed by atoms with E-state index >= 15 is 0 Å². The minimum atomic E-state index is -3.73. The number of aryl methyl sites for hydroxylation is 1. The fraction of sp³-hybridized carbons (Fsp3) is 0.154. The van der Waals surface area contributed by atoms with Gasteiger partial charge in [-0.3, -0.25) is 4.72 Å². The summed E-state index contributed by atoms with van der Waals surface area (Å²) in [5.74, 6) is 0.308.